The average Bonchev–Trinajstić information content (AvgIpc) is 3.23. The Hall–Kier alpha value is -3.59. The number of hydrogen-bond donors (Lipinski definition) is 0. The highest BCUT2D eigenvalue weighted by atomic mass is 16.3. The average molecular weight is 348 g/mol. The highest BCUT2D eigenvalue weighted by molar-refractivity contribution is 6.10. The Bertz CT molecular complexity index is 1490. The maximum atomic E-state index is 5.94. The van der Waals surface area contributed by atoms with Gasteiger partial charge in [-0.25, -0.2) is 0 Å². The monoisotopic (exact) mass is 348 g/mol. The van der Waals surface area contributed by atoms with Crippen LogP contribution in [0.25, 0.3) is 49.4 Å². The van der Waals surface area contributed by atoms with E-state index in [0.717, 1.165) is 27.6 Å². The predicted molar refractivity (Wildman–Crippen MR) is 111 cm³/mol. The Morgan fingerprint density at radius 2 is 1.63 bits per heavy atom. The van der Waals surface area contributed by atoms with Gasteiger partial charge in [0.2, 0.25) is 0 Å². The van der Waals surface area contributed by atoms with Crippen molar-refractivity contribution in [3.8, 4) is 5.69 Å². The minimum Gasteiger partial charge on any atom is -0.454 e. The van der Waals surface area contributed by atoms with Gasteiger partial charge < -0.3 is 8.98 Å². The summed E-state index contributed by atoms with van der Waals surface area (Å²) in [5.74, 6) is 0. The van der Waals surface area contributed by atoms with Crippen LogP contribution in [-0.4, -0.2) is 9.55 Å². The number of benzene rings is 3. The van der Waals surface area contributed by atoms with Crippen LogP contribution in [0.5, 0.6) is 0 Å². The summed E-state index contributed by atoms with van der Waals surface area (Å²) in [5.41, 5.74) is 6.55. The lowest BCUT2D eigenvalue weighted by molar-refractivity contribution is 0.667. The topological polar surface area (TPSA) is 31.0 Å². The van der Waals surface area contributed by atoms with Gasteiger partial charge in [0.1, 0.15) is 5.58 Å². The third-order valence-electron chi connectivity index (χ3n) is 5.34. The molecule has 0 N–H and O–H groups in total. The van der Waals surface area contributed by atoms with E-state index in [2.05, 4.69) is 77.1 Å². The first-order chi connectivity index (χ1) is 13.3. The lowest BCUT2D eigenvalue weighted by Gasteiger charge is -2.08. The van der Waals surface area contributed by atoms with E-state index in [1.165, 1.54) is 27.4 Å². The van der Waals surface area contributed by atoms with Crippen molar-refractivity contribution in [1.82, 2.24) is 9.55 Å². The molecule has 0 unspecified atom stereocenters. The molecule has 3 aromatic heterocycles. The van der Waals surface area contributed by atoms with Crippen LogP contribution in [0.1, 0.15) is 5.56 Å². The van der Waals surface area contributed by atoms with Crippen molar-refractivity contribution in [3.05, 3.63) is 84.7 Å². The molecule has 0 aliphatic rings. The molecule has 0 bridgehead atoms. The molecule has 0 fully saturated rings. The summed E-state index contributed by atoms with van der Waals surface area (Å²) >= 11 is 0. The molecule has 3 heteroatoms. The zero-order valence-electron chi connectivity index (χ0n) is 14.8. The van der Waals surface area contributed by atoms with E-state index in [4.69, 9.17) is 4.42 Å². The molecular weight excluding hydrogens is 332 g/mol. The van der Waals surface area contributed by atoms with Crippen LogP contribution < -0.4 is 0 Å². The van der Waals surface area contributed by atoms with Crippen LogP contribution in [0.2, 0.25) is 0 Å². The summed E-state index contributed by atoms with van der Waals surface area (Å²) in [6.07, 6.45) is 3.59. The maximum absolute atomic E-state index is 5.94. The standard InChI is InChI=1S/C24H16N2O/c1-15-6-8-22-19(12-15)17-4-2-3-5-21(17)26(22)16-7-9-23-20(13-16)18-10-11-25-14-24(18)27-23/h2-14H,1H3. The number of rotatable bonds is 1. The van der Waals surface area contributed by atoms with E-state index in [1.54, 1.807) is 6.20 Å². The second-order valence-corrected chi connectivity index (χ2v) is 7.03. The normalized spacial score (nSPS) is 11.9. The Kier molecular flexibility index (Phi) is 2.81. The minimum atomic E-state index is 0.822. The van der Waals surface area contributed by atoms with Gasteiger partial charge in [-0.1, -0.05) is 29.8 Å². The van der Waals surface area contributed by atoms with E-state index in [1.807, 2.05) is 12.3 Å². The number of fused-ring (bicyclic) bond motifs is 6. The molecule has 0 aliphatic heterocycles. The van der Waals surface area contributed by atoms with Crippen molar-refractivity contribution in [2.75, 3.05) is 0 Å². The van der Waals surface area contributed by atoms with Gasteiger partial charge in [-0.3, -0.25) is 4.98 Å². The van der Waals surface area contributed by atoms with Gasteiger partial charge in [-0.15, -0.1) is 0 Å². The molecule has 0 saturated heterocycles. The van der Waals surface area contributed by atoms with Crippen molar-refractivity contribution in [2.45, 2.75) is 6.92 Å². The smallest absolute Gasteiger partial charge is 0.153 e. The van der Waals surface area contributed by atoms with Crippen molar-refractivity contribution >= 4 is 43.7 Å². The summed E-state index contributed by atoms with van der Waals surface area (Å²) < 4.78 is 8.28. The fourth-order valence-corrected chi connectivity index (χ4v) is 4.12. The van der Waals surface area contributed by atoms with Gasteiger partial charge in [-0.2, -0.15) is 0 Å². The molecule has 6 rings (SSSR count). The SMILES string of the molecule is Cc1ccc2c(c1)c1ccccc1n2-c1ccc2oc3cnccc3c2c1. The first-order valence-electron chi connectivity index (χ1n) is 9.06. The molecule has 3 heterocycles. The Morgan fingerprint density at radius 3 is 2.59 bits per heavy atom. The highest BCUT2D eigenvalue weighted by Gasteiger charge is 2.14. The minimum absolute atomic E-state index is 0.822. The predicted octanol–water partition coefficient (Wildman–Crippen LogP) is 6.39. The molecule has 0 atom stereocenters. The van der Waals surface area contributed by atoms with Gasteiger partial charge in [0.25, 0.3) is 0 Å². The van der Waals surface area contributed by atoms with Crippen LogP contribution in [0, 0.1) is 6.92 Å². The molecule has 128 valence electrons. The first-order valence-corrected chi connectivity index (χ1v) is 9.06. The first kappa shape index (κ1) is 14.6. The van der Waals surface area contributed by atoms with Gasteiger partial charge in [-0.05, 0) is 49.4 Å². The molecular formula is C24H16N2O. The van der Waals surface area contributed by atoms with Crippen LogP contribution >= 0.6 is 0 Å². The highest BCUT2D eigenvalue weighted by Crippen LogP contribution is 2.35. The van der Waals surface area contributed by atoms with Crippen LogP contribution in [-0.2, 0) is 0 Å². The summed E-state index contributed by atoms with van der Waals surface area (Å²) in [4.78, 5) is 4.17. The lowest BCUT2D eigenvalue weighted by atomic mass is 10.1. The summed E-state index contributed by atoms with van der Waals surface area (Å²) in [7, 11) is 0. The molecule has 3 nitrogen and oxygen atoms in total. The second kappa shape index (κ2) is 5.21. The van der Waals surface area contributed by atoms with Crippen LogP contribution in [0.3, 0.4) is 0 Å². The van der Waals surface area contributed by atoms with Crippen LogP contribution in [0.15, 0.2) is 83.5 Å². The van der Waals surface area contributed by atoms with E-state index in [-0.39, 0.29) is 0 Å². The number of furan rings is 1. The number of aryl methyl sites for hydroxylation is 1. The molecule has 0 aliphatic carbocycles. The second-order valence-electron chi connectivity index (χ2n) is 7.03. The van der Waals surface area contributed by atoms with E-state index < -0.39 is 0 Å². The van der Waals surface area contributed by atoms with Crippen LogP contribution in [0.4, 0.5) is 0 Å². The largest absolute Gasteiger partial charge is 0.454 e. The fourth-order valence-electron chi connectivity index (χ4n) is 4.12. The Labute approximate surface area is 155 Å². The zero-order chi connectivity index (χ0) is 18.0. The third-order valence-corrected chi connectivity index (χ3v) is 5.34. The summed E-state index contributed by atoms with van der Waals surface area (Å²) in [6, 6.07) is 23.7. The van der Waals surface area contributed by atoms with Gasteiger partial charge >= 0.3 is 0 Å². The fraction of sp³-hybridized carbons (Fsp3) is 0.0417. The molecule has 0 amide bonds. The van der Waals surface area contributed by atoms with Gasteiger partial charge in [0.05, 0.1) is 17.2 Å². The van der Waals surface area contributed by atoms with E-state index >= 15 is 0 Å². The van der Waals surface area contributed by atoms with E-state index in [9.17, 15) is 0 Å². The molecule has 0 spiro atoms. The zero-order valence-corrected chi connectivity index (χ0v) is 14.8. The number of para-hydroxylation sites is 1. The van der Waals surface area contributed by atoms with Crippen molar-refractivity contribution in [2.24, 2.45) is 0 Å². The molecule has 0 radical (unpaired) electrons. The quantitative estimate of drug-likeness (QED) is 0.345. The molecule has 27 heavy (non-hydrogen) atoms. The van der Waals surface area contributed by atoms with Crippen molar-refractivity contribution in [1.29, 1.82) is 0 Å². The molecule has 6 aromatic rings. The number of aromatic nitrogens is 2. The maximum Gasteiger partial charge on any atom is 0.153 e. The lowest BCUT2D eigenvalue weighted by Crippen LogP contribution is -1.93. The van der Waals surface area contributed by atoms with Gasteiger partial charge in [0.15, 0.2) is 5.58 Å². The number of hydrogen-bond acceptors (Lipinski definition) is 2. The summed E-state index contributed by atoms with van der Waals surface area (Å²) in [5, 5.41) is 4.77. The third kappa shape index (κ3) is 1.99. The number of nitrogens with zero attached hydrogens (tertiary/aromatic N) is 2. The summed E-state index contributed by atoms with van der Waals surface area (Å²) in [6.45, 7) is 2.14. The Balaban J connectivity index is 1.75. The molecule has 0 saturated carbocycles. The van der Waals surface area contributed by atoms with Crippen molar-refractivity contribution < 1.29 is 4.42 Å². The van der Waals surface area contributed by atoms with E-state index in [0.29, 0.717) is 0 Å². The molecule has 3 aromatic carbocycles. The van der Waals surface area contributed by atoms with Gasteiger partial charge in [0, 0.05) is 33.4 Å². The van der Waals surface area contributed by atoms with Crippen molar-refractivity contribution in [3.63, 3.8) is 0 Å². The Morgan fingerprint density at radius 1 is 0.741 bits per heavy atom. The number of pyridine rings is 1.